The lowest BCUT2D eigenvalue weighted by atomic mass is 10.2. The molecule has 0 bridgehead atoms. The van der Waals surface area contributed by atoms with E-state index in [0.29, 0.717) is 11.5 Å². The van der Waals surface area contributed by atoms with Crippen LogP contribution in [0.2, 0.25) is 0 Å². The summed E-state index contributed by atoms with van der Waals surface area (Å²) in [7, 11) is 0. The fourth-order valence-electron chi connectivity index (χ4n) is 3.50. The molecule has 0 saturated heterocycles. The maximum absolute atomic E-state index is 12.6. The first-order valence-electron chi connectivity index (χ1n) is 9.89. The lowest BCUT2D eigenvalue weighted by Gasteiger charge is -2.07. The Morgan fingerprint density at radius 3 is 2.62 bits per heavy atom. The molecule has 7 nitrogen and oxygen atoms in total. The zero-order chi connectivity index (χ0) is 22.1. The number of carbonyl (C=O) groups excluding carboxylic acids is 1. The van der Waals surface area contributed by atoms with E-state index in [-0.39, 0.29) is 12.5 Å². The molecule has 0 spiro atoms. The minimum Gasteiger partial charge on any atom is -0.452 e. The Hall–Kier alpha value is -3.78. The summed E-state index contributed by atoms with van der Waals surface area (Å²) < 4.78 is 13.9. The van der Waals surface area contributed by atoms with E-state index in [0.717, 1.165) is 32.6 Å². The van der Waals surface area contributed by atoms with Crippen LogP contribution in [0.15, 0.2) is 81.7 Å². The molecule has 0 unspecified atom stereocenters. The SMILES string of the molecule is Cc1nc2cc(C(=O)OCc3nnc(-c4ccccc4Br)o3)ccc2n1-c1ccccc1. The average molecular weight is 489 g/mol. The first-order valence-corrected chi connectivity index (χ1v) is 10.7. The van der Waals surface area contributed by atoms with E-state index in [4.69, 9.17) is 9.15 Å². The molecule has 0 aliphatic heterocycles. The van der Waals surface area contributed by atoms with Crippen LogP contribution in [0.5, 0.6) is 0 Å². The zero-order valence-corrected chi connectivity index (χ0v) is 18.6. The van der Waals surface area contributed by atoms with Gasteiger partial charge in [-0.25, -0.2) is 9.78 Å². The van der Waals surface area contributed by atoms with Gasteiger partial charge in [0.05, 0.1) is 22.2 Å². The molecule has 0 saturated carbocycles. The van der Waals surface area contributed by atoms with Crippen molar-refractivity contribution in [3.8, 4) is 17.1 Å². The fraction of sp³-hybridized carbons (Fsp3) is 0.0833. The van der Waals surface area contributed by atoms with Crippen molar-refractivity contribution in [2.24, 2.45) is 0 Å². The maximum Gasteiger partial charge on any atom is 0.338 e. The monoisotopic (exact) mass is 488 g/mol. The normalized spacial score (nSPS) is 11.1. The number of carbonyl (C=O) groups is 1. The number of esters is 1. The Balaban J connectivity index is 1.33. The number of imidazole rings is 1. The summed E-state index contributed by atoms with van der Waals surface area (Å²) >= 11 is 3.46. The number of fused-ring (bicyclic) bond motifs is 1. The molecule has 0 fully saturated rings. The maximum atomic E-state index is 12.6. The molecule has 0 N–H and O–H groups in total. The van der Waals surface area contributed by atoms with E-state index in [2.05, 4.69) is 31.1 Å². The third kappa shape index (κ3) is 3.80. The van der Waals surface area contributed by atoms with Gasteiger partial charge < -0.3 is 9.15 Å². The van der Waals surface area contributed by atoms with Crippen LogP contribution in [0, 0.1) is 6.92 Å². The van der Waals surface area contributed by atoms with Gasteiger partial charge in [-0.3, -0.25) is 4.57 Å². The second-order valence-corrected chi connectivity index (χ2v) is 7.94. The summed E-state index contributed by atoms with van der Waals surface area (Å²) in [4.78, 5) is 17.2. The van der Waals surface area contributed by atoms with Crippen molar-refractivity contribution in [1.29, 1.82) is 0 Å². The third-order valence-corrected chi connectivity index (χ3v) is 5.66. The average Bonchev–Trinajstić information content (AvgIpc) is 3.41. The standard InChI is InChI=1S/C24H17BrN4O3/c1-15-26-20-13-16(11-12-21(20)29(15)17-7-3-2-4-8-17)24(30)31-14-22-27-28-23(32-22)18-9-5-6-10-19(18)25/h2-13H,14H2,1H3. The van der Waals surface area contributed by atoms with E-state index in [1.807, 2.05) is 72.2 Å². The molecule has 158 valence electrons. The quantitative estimate of drug-likeness (QED) is 0.303. The van der Waals surface area contributed by atoms with Crippen LogP contribution in [0.25, 0.3) is 28.2 Å². The van der Waals surface area contributed by atoms with Gasteiger partial charge in [0.25, 0.3) is 5.89 Å². The summed E-state index contributed by atoms with van der Waals surface area (Å²) in [5.74, 6) is 0.919. The minimum absolute atomic E-state index is 0.119. The van der Waals surface area contributed by atoms with Gasteiger partial charge in [0.1, 0.15) is 5.82 Å². The summed E-state index contributed by atoms with van der Waals surface area (Å²) in [6.45, 7) is 1.81. The Labute approximate surface area is 191 Å². The van der Waals surface area contributed by atoms with Crippen LogP contribution >= 0.6 is 15.9 Å². The number of ether oxygens (including phenoxy) is 1. The summed E-state index contributed by atoms with van der Waals surface area (Å²) in [6, 6.07) is 22.8. The first-order chi connectivity index (χ1) is 15.6. The Morgan fingerprint density at radius 1 is 1.03 bits per heavy atom. The first kappa shape index (κ1) is 20.1. The summed E-state index contributed by atoms with van der Waals surface area (Å²) in [5, 5.41) is 8.00. The van der Waals surface area contributed by atoms with Crippen LogP contribution in [0.4, 0.5) is 0 Å². The number of nitrogens with zero attached hydrogens (tertiary/aromatic N) is 4. The minimum atomic E-state index is -0.487. The molecule has 0 amide bonds. The van der Waals surface area contributed by atoms with Gasteiger partial charge in [0.2, 0.25) is 5.89 Å². The topological polar surface area (TPSA) is 83.0 Å². The predicted molar refractivity (Wildman–Crippen MR) is 122 cm³/mol. The molecular formula is C24H17BrN4O3. The molecule has 2 heterocycles. The lowest BCUT2D eigenvalue weighted by Crippen LogP contribution is -2.05. The second kappa shape index (κ2) is 8.39. The lowest BCUT2D eigenvalue weighted by molar-refractivity contribution is 0.0439. The van der Waals surface area contributed by atoms with Crippen LogP contribution in [0.3, 0.4) is 0 Å². The largest absolute Gasteiger partial charge is 0.452 e. The van der Waals surface area contributed by atoms with E-state index >= 15 is 0 Å². The Morgan fingerprint density at radius 2 is 1.81 bits per heavy atom. The van der Waals surface area contributed by atoms with Crippen LogP contribution in [0.1, 0.15) is 22.1 Å². The van der Waals surface area contributed by atoms with Gasteiger partial charge in [-0.2, -0.15) is 0 Å². The van der Waals surface area contributed by atoms with Crippen molar-refractivity contribution in [2.75, 3.05) is 0 Å². The van der Waals surface area contributed by atoms with Crippen molar-refractivity contribution < 1.29 is 13.9 Å². The Bertz CT molecular complexity index is 1430. The number of hydrogen-bond acceptors (Lipinski definition) is 6. The Kier molecular flexibility index (Phi) is 5.28. The van der Waals surface area contributed by atoms with Gasteiger partial charge in [-0.1, -0.05) is 30.3 Å². The molecule has 5 aromatic rings. The van der Waals surface area contributed by atoms with Crippen molar-refractivity contribution >= 4 is 32.9 Å². The number of aryl methyl sites for hydroxylation is 1. The van der Waals surface area contributed by atoms with Crippen LogP contribution in [-0.4, -0.2) is 25.7 Å². The molecular weight excluding hydrogens is 472 g/mol. The molecule has 32 heavy (non-hydrogen) atoms. The van der Waals surface area contributed by atoms with Crippen molar-refractivity contribution in [1.82, 2.24) is 19.7 Å². The van der Waals surface area contributed by atoms with Gasteiger partial charge in [0.15, 0.2) is 6.61 Å². The van der Waals surface area contributed by atoms with Gasteiger partial charge in [-0.15, -0.1) is 10.2 Å². The van der Waals surface area contributed by atoms with Crippen molar-refractivity contribution in [2.45, 2.75) is 13.5 Å². The highest BCUT2D eigenvalue weighted by atomic mass is 79.9. The van der Waals surface area contributed by atoms with E-state index < -0.39 is 5.97 Å². The van der Waals surface area contributed by atoms with Crippen LogP contribution in [-0.2, 0) is 11.3 Å². The number of halogens is 1. The molecule has 2 aromatic heterocycles. The number of hydrogen-bond donors (Lipinski definition) is 0. The number of para-hydroxylation sites is 1. The van der Waals surface area contributed by atoms with E-state index in [1.165, 1.54) is 0 Å². The number of benzene rings is 3. The van der Waals surface area contributed by atoms with Crippen LogP contribution < -0.4 is 0 Å². The zero-order valence-electron chi connectivity index (χ0n) is 17.0. The summed E-state index contributed by atoms with van der Waals surface area (Å²) in [6.07, 6.45) is 0. The van der Waals surface area contributed by atoms with Gasteiger partial charge >= 0.3 is 5.97 Å². The smallest absolute Gasteiger partial charge is 0.338 e. The predicted octanol–water partition coefficient (Wildman–Crippen LogP) is 5.50. The highest BCUT2D eigenvalue weighted by Crippen LogP contribution is 2.27. The molecule has 0 atom stereocenters. The van der Waals surface area contributed by atoms with E-state index in [9.17, 15) is 4.79 Å². The molecule has 5 rings (SSSR count). The number of aromatic nitrogens is 4. The number of rotatable bonds is 5. The third-order valence-electron chi connectivity index (χ3n) is 4.97. The van der Waals surface area contributed by atoms with E-state index in [1.54, 1.807) is 12.1 Å². The molecule has 0 aliphatic carbocycles. The molecule has 8 heteroatoms. The van der Waals surface area contributed by atoms with Gasteiger partial charge in [-0.05, 0) is 65.3 Å². The highest BCUT2D eigenvalue weighted by Gasteiger charge is 2.16. The second-order valence-electron chi connectivity index (χ2n) is 7.09. The van der Waals surface area contributed by atoms with Crippen molar-refractivity contribution in [3.05, 3.63) is 94.5 Å². The fourth-order valence-corrected chi connectivity index (χ4v) is 3.95. The molecule has 0 aliphatic rings. The van der Waals surface area contributed by atoms with Crippen molar-refractivity contribution in [3.63, 3.8) is 0 Å². The van der Waals surface area contributed by atoms with Gasteiger partial charge in [0, 0.05) is 10.2 Å². The summed E-state index contributed by atoms with van der Waals surface area (Å²) in [5.41, 5.74) is 3.82. The highest BCUT2D eigenvalue weighted by molar-refractivity contribution is 9.10. The molecule has 0 radical (unpaired) electrons. The molecule has 3 aromatic carbocycles.